The van der Waals surface area contributed by atoms with Gasteiger partial charge in [-0.3, -0.25) is 0 Å². The number of hydrogen-bond donors (Lipinski definition) is 0. The van der Waals surface area contributed by atoms with Gasteiger partial charge in [0.15, 0.2) is 17.5 Å². The summed E-state index contributed by atoms with van der Waals surface area (Å²) in [5.41, 5.74) is 32.0. The number of rotatable bonds is 16. The van der Waals surface area contributed by atoms with E-state index in [-0.39, 0.29) is 22.5 Å². The van der Waals surface area contributed by atoms with Gasteiger partial charge in [0.25, 0.3) is 0 Å². The number of para-hydroxylation sites is 2. The van der Waals surface area contributed by atoms with Crippen LogP contribution in [0.25, 0.3) is 210 Å². The normalized spacial score (nSPS) is 12.4. The second kappa shape index (κ2) is 37.9. The van der Waals surface area contributed by atoms with Crippen LogP contribution in [-0.4, -0.2) is 15.0 Å². The van der Waals surface area contributed by atoms with Crippen LogP contribution in [0, 0.1) is 11.6 Å². The van der Waals surface area contributed by atoms with Crippen molar-refractivity contribution in [3.05, 3.63) is 562 Å². The molecule has 0 saturated heterocycles. The third-order valence-corrected chi connectivity index (χ3v) is 30.7. The lowest BCUT2D eigenvalue weighted by Gasteiger charge is -2.31. The lowest BCUT2D eigenvalue weighted by molar-refractivity contribution is 0.629. The lowest BCUT2D eigenvalue weighted by atomic mass is 9.82. The molecule has 0 radical (unpaired) electrons. The summed E-state index contributed by atoms with van der Waals surface area (Å²) >= 11 is 0. The number of nitrogens with zero attached hydrogens (tertiary/aromatic N) is 5. The maximum Gasteiger partial charge on any atom is 0.164 e. The first kappa shape index (κ1) is 91.0. The molecule has 0 spiro atoms. The highest BCUT2D eigenvalue weighted by Crippen LogP contribution is 2.57. The molecule has 0 atom stereocenters. The van der Waals surface area contributed by atoms with E-state index in [2.05, 4.69) is 371 Å². The zero-order valence-electron chi connectivity index (χ0n) is 83.2. The van der Waals surface area contributed by atoms with Crippen molar-refractivity contribution in [1.29, 1.82) is 0 Å². The molecule has 0 bridgehead atoms. The van der Waals surface area contributed by atoms with Gasteiger partial charge in [0.05, 0.1) is 22.7 Å². The van der Waals surface area contributed by atoms with Crippen LogP contribution in [0.1, 0.15) is 49.9 Å². The summed E-state index contributed by atoms with van der Waals surface area (Å²) in [5, 5.41) is 16.2. The number of fused-ring (bicyclic) bond motifs is 10. The predicted octanol–water partition coefficient (Wildman–Crippen LogP) is 39.3. The molecule has 710 valence electrons. The highest BCUT2D eigenvalue weighted by molar-refractivity contribution is 6.29. The standard InChI is InChI=1S/C64H42F2N2.C43H33N3.C36H24/c65-57-41-49(43-19-7-1-8-20-43)39-55(45-23-11-3-12-24-45)63(57)67(51-27-15-5-16-28-51)59-37-33-47-32-36-54-60(38-34-48-31-35-53(59)61(47)62(48)54)68(52-29-17-6-18-30-52)64-56(46-25-13-4-14-26-46)40-50(42-58(64)66)44-21-9-2-10-22-44;1-42(2)35-15-9-7-13-31(35)33-21-19-29(24-37(33)42)40-44-39(28-18-17-26-11-5-6-12-27(26)23-28)45-41(46-40)30-20-22-34-32-14-8-10-16-36(32)43(3,4)38(34)25-30;1-3-13-25(14-4-1)27-23-24-34(29-18-8-7-17-28(27)29)36-32-21-11-9-19-30(32)35(26-15-5-2-6-16-26)31-20-10-12-22-33(31)36/h1-42H;5-25H,1-4H3;1-24H. The molecule has 0 unspecified atom stereocenters. The summed E-state index contributed by atoms with van der Waals surface area (Å²) in [6.45, 7) is 9.24. The second-order valence-corrected chi connectivity index (χ2v) is 40.1. The van der Waals surface area contributed by atoms with Crippen molar-refractivity contribution in [2.45, 2.75) is 38.5 Å². The van der Waals surface area contributed by atoms with E-state index in [1.807, 2.05) is 182 Å². The number of anilines is 6. The Bertz CT molecular complexity index is 9270. The molecule has 0 amide bonds. The van der Waals surface area contributed by atoms with Gasteiger partial charge in [-0.2, -0.15) is 0 Å². The van der Waals surface area contributed by atoms with E-state index in [4.69, 9.17) is 15.0 Å². The molecule has 28 rings (SSSR count). The van der Waals surface area contributed by atoms with Gasteiger partial charge in [0.1, 0.15) is 11.6 Å². The molecule has 1 heterocycles. The Morgan fingerprint density at radius 2 is 0.480 bits per heavy atom. The van der Waals surface area contributed by atoms with E-state index in [9.17, 15) is 0 Å². The summed E-state index contributed by atoms with van der Waals surface area (Å²) in [6.07, 6.45) is 0. The maximum absolute atomic E-state index is 17.6. The number of hydrogen-bond acceptors (Lipinski definition) is 5. The molecule has 150 heavy (non-hydrogen) atoms. The van der Waals surface area contributed by atoms with Crippen LogP contribution in [0.2, 0.25) is 0 Å². The van der Waals surface area contributed by atoms with Crippen LogP contribution >= 0.6 is 0 Å². The minimum absolute atomic E-state index is 0.112. The molecular weight excluding hydrogens is 1830 g/mol. The highest BCUT2D eigenvalue weighted by atomic mass is 19.1. The van der Waals surface area contributed by atoms with Crippen molar-refractivity contribution >= 4 is 110 Å². The number of halogens is 2. The molecule has 2 aliphatic rings. The van der Waals surface area contributed by atoms with Crippen molar-refractivity contribution in [2.24, 2.45) is 0 Å². The van der Waals surface area contributed by atoms with E-state index in [1.54, 1.807) is 12.1 Å². The highest BCUT2D eigenvalue weighted by Gasteiger charge is 2.39. The molecule has 5 nitrogen and oxygen atoms in total. The van der Waals surface area contributed by atoms with Gasteiger partial charge in [0, 0.05) is 60.8 Å². The van der Waals surface area contributed by atoms with Crippen molar-refractivity contribution < 1.29 is 8.78 Å². The van der Waals surface area contributed by atoms with Crippen LogP contribution in [0.4, 0.5) is 42.9 Å². The first-order valence-corrected chi connectivity index (χ1v) is 51.4. The van der Waals surface area contributed by atoms with Crippen molar-refractivity contribution in [2.75, 3.05) is 9.80 Å². The third kappa shape index (κ3) is 16.1. The Labute approximate surface area is 871 Å². The van der Waals surface area contributed by atoms with Gasteiger partial charge in [-0.15, -0.1) is 0 Å². The van der Waals surface area contributed by atoms with Gasteiger partial charge >= 0.3 is 0 Å². The van der Waals surface area contributed by atoms with Gasteiger partial charge in [-0.05, 0) is 255 Å². The Morgan fingerprint density at radius 3 is 0.907 bits per heavy atom. The monoisotopic (exact) mass is 1920 g/mol. The van der Waals surface area contributed by atoms with E-state index in [0.717, 1.165) is 122 Å². The molecule has 0 saturated carbocycles. The van der Waals surface area contributed by atoms with Gasteiger partial charge in [-0.25, -0.2) is 23.7 Å². The average Bonchev–Trinajstić information content (AvgIpc) is 1.05. The smallest absolute Gasteiger partial charge is 0.164 e. The summed E-state index contributed by atoms with van der Waals surface area (Å²) in [7, 11) is 0. The van der Waals surface area contributed by atoms with Crippen LogP contribution in [-0.2, 0) is 10.8 Å². The zero-order chi connectivity index (χ0) is 101. The van der Waals surface area contributed by atoms with E-state index >= 15 is 8.78 Å². The van der Waals surface area contributed by atoms with Gasteiger partial charge in [0.2, 0.25) is 0 Å². The molecule has 25 aromatic carbocycles. The van der Waals surface area contributed by atoms with E-state index in [1.165, 1.54) is 116 Å². The Balaban J connectivity index is 0.000000120. The topological polar surface area (TPSA) is 45.2 Å². The molecule has 1 aromatic heterocycles. The molecule has 7 heteroatoms. The quantitative estimate of drug-likeness (QED) is 0.0713. The third-order valence-electron chi connectivity index (χ3n) is 30.7. The predicted molar refractivity (Wildman–Crippen MR) is 625 cm³/mol. The van der Waals surface area contributed by atoms with Crippen molar-refractivity contribution in [3.63, 3.8) is 0 Å². The first-order chi connectivity index (χ1) is 73.8. The molecule has 2 aliphatic carbocycles. The molecule has 0 fully saturated rings. The fourth-order valence-corrected chi connectivity index (χ4v) is 23.5. The van der Waals surface area contributed by atoms with E-state index < -0.39 is 0 Å². The summed E-state index contributed by atoms with van der Waals surface area (Å²) < 4.78 is 35.2. The Kier molecular flexibility index (Phi) is 23.0. The summed E-state index contributed by atoms with van der Waals surface area (Å²) in [6, 6.07) is 183. The summed E-state index contributed by atoms with van der Waals surface area (Å²) in [4.78, 5) is 19.6. The fraction of sp³-hybridized carbons (Fsp3) is 0.0420. The molecule has 26 aromatic rings. The van der Waals surface area contributed by atoms with E-state index in [0.29, 0.717) is 28.8 Å². The maximum atomic E-state index is 17.6. The zero-order valence-corrected chi connectivity index (χ0v) is 83.2. The Hall–Kier alpha value is -19.0. The van der Waals surface area contributed by atoms with Crippen LogP contribution in [0.15, 0.2) is 528 Å². The molecular formula is C143H99F2N5. The Morgan fingerprint density at radius 1 is 0.180 bits per heavy atom. The molecule has 0 N–H and O–H groups in total. The van der Waals surface area contributed by atoms with Crippen LogP contribution in [0.3, 0.4) is 0 Å². The largest absolute Gasteiger partial charge is 0.307 e. The number of benzene rings is 25. The second-order valence-electron chi connectivity index (χ2n) is 40.1. The fourth-order valence-electron chi connectivity index (χ4n) is 23.5. The average molecular weight is 1930 g/mol. The minimum Gasteiger partial charge on any atom is -0.307 e. The first-order valence-electron chi connectivity index (χ1n) is 51.4. The lowest BCUT2D eigenvalue weighted by Crippen LogP contribution is -2.15. The van der Waals surface area contributed by atoms with Crippen molar-refractivity contribution in [1.82, 2.24) is 15.0 Å². The molecule has 0 aliphatic heterocycles. The SMILES string of the molecule is CC1(C)c2ccccc2-c2ccc(-c3nc(-c4ccc5c(c4)C(C)(C)c4ccccc4-5)nc(-c4ccc5ccccc5c4)n3)cc21.Fc1cc(-c2ccccc2)cc(-c2ccccc2)c1N(c1ccccc1)c1ccc2ccc3c(N(c4ccccc4)c4c(F)cc(-c5ccccc5)cc4-c4ccccc4)ccc4ccc1c2c43.c1ccc(-c2ccc(-c3c4ccccc4c(-c4ccccc4)c4ccccc34)c3ccccc23)cc1. The number of aromatic nitrogens is 3. The van der Waals surface area contributed by atoms with Gasteiger partial charge in [-0.1, -0.05) is 477 Å². The van der Waals surface area contributed by atoms with Gasteiger partial charge < -0.3 is 9.80 Å². The van der Waals surface area contributed by atoms with Crippen molar-refractivity contribution in [3.8, 4) is 134 Å². The van der Waals surface area contributed by atoms with Crippen LogP contribution < -0.4 is 9.80 Å². The minimum atomic E-state index is -0.338. The summed E-state index contributed by atoms with van der Waals surface area (Å²) in [5.74, 6) is 1.37. The van der Waals surface area contributed by atoms with Crippen LogP contribution in [0.5, 0.6) is 0 Å².